The number of carbonyl (C=O) groups is 2. The van der Waals surface area contributed by atoms with Crippen LogP contribution in [0.4, 0.5) is 0 Å². The fourth-order valence-electron chi connectivity index (χ4n) is 1.98. The van der Waals surface area contributed by atoms with Crippen LogP contribution in [-0.2, 0) is 23.8 Å². The molecule has 1 aliphatic heterocycles. The standard InChI is InChI=1S/C14H21NO5/c1-11-8-12(9-15(11)6-7-18-2)10-20-14(17)5-4-13(16)19-3/h4-5,12H,1,6-10H2,2-3H3/b5-4+. The third-order valence-electron chi connectivity index (χ3n) is 3.03. The van der Waals surface area contributed by atoms with Gasteiger partial charge in [-0.05, 0) is 6.42 Å². The highest BCUT2D eigenvalue weighted by Gasteiger charge is 2.25. The number of allylic oxidation sites excluding steroid dienone is 1. The average molecular weight is 283 g/mol. The van der Waals surface area contributed by atoms with Crippen molar-refractivity contribution in [1.82, 2.24) is 4.90 Å². The Labute approximate surface area is 119 Å². The van der Waals surface area contributed by atoms with Crippen molar-refractivity contribution in [3.8, 4) is 0 Å². The molecule has 1 atom stereocenters. The molecular formula is C14H21NO5. The number of methoxy groups -OCH3 is 2. The van der Waals surface area contributed by atoms with Gasteiger partial charge in [0.15, 0.2) is 0 Å². The number of rotatable bonds is 7. The molecule has 0 N–H and O–H groups in total. The number of carbonyl (C=O) groups excluding carboxylic acids is 2. The number of ether oxygens (including phenoxy) is 3. The molecule has 0 aromatic heterocycles. The van der Waals surface area contributed by atoms with Crippen LogP contribution >= 0.6 is 0 Å². The predicted octanol–water partition coefficient (Wildman–Crippen LogP) is 0.741. The second-order valence-electron chi connectivity index (χ2n) is 4.56. The van der Waals surface area contributed by atoms with Crippen LogP contribution in [0.15, 0.2) is 24.4 Å². The lowest BCUT2D eigenvalue weighted by Gasteiger charge is -2.18. The van der Waals surface area contributed by atoms with Gasteiger partial charge < -0.3 is 19.1 Å². The fraction of sp³-hybridized carbons (Fsp3) is 0.571. The molecule has 0 amide bonds. The molecular weight excluding hydrogens is 262 g/mol. The zero-order valence-corrected chi connectivity index (χ0v) is 12.0. The number of hydrogen-bond acceptors (Lipinski definition) is 6. The van der Waals surface area contributed by atoms with Gasteiger partial charge in [-0.2, -0.15) is 0 Å². The molecule has 1 heterocycles. The van der Waals surface area contributed by atoms with E-state index >= 15 is 0 Å². The maximum atomic E-state index is 11.4. The Hall–Kier alpha value is -1.82. The summed E-state index contributed by atoms with van der Waals surface area (Å²) >= 11 is 0. The zero-order valence-electron chi connectivity index (χ0n) is 12.0. The van der Waals surface area contributed by atoms with Crippen molar-refractivity contribution < 1.29 is 23.8 Å². The number of hydrogen-bond donors (Lipinski definition) is 0. The Bertz CT molecular complexity index is 391. The monoisotopic (exact) mass is 283 g/mol. The zero-order chi connectivity index (χ0) is 15.0. The van der Waals surface area contributed by atoms with Gasteiger partial charge in [0, 0.05) is 44.0 Å². The lowest BCUT2D eigenvalue weighted by molar-refractivity contribution is -0.140. The number of esters is 2. The molecule has 0 spiro atoms. The largest absolute Gasteiger partial charge is 0.466 e. The van der Waals surface area contributed by atoms with Gasteiger partial charge in [0.25, 0.3) is 0 Å². The Balaban J connectivity index is 2.29. The summed E-state index contributed by atoms with van der Waals surface area (Å²) in [6, 6.07) is 0. The summed E-state index contributed by atoms with van der Waals surface area (Å²) in [4.78, 5) is 24.3. The van der Waals surface area contributed by atoms with Gasteiger partial charge in [-0.25, -0.2) is 9.59 Å². The summed E-state index contributed by atoms with van der Waals surface area (Å²) in [5, 5.41) is 0. The Morgan fingerprint density at radius 1 is 1.35 bits per heavy atom. The fourth-order valence-corrected chi connectivity index (χ4v) is 1.98. The van der Waals surface area contributed by atoms with E-state index in [-0.39, 0.29) is 5.92 Å². The summed E-state index contributed by atoms with van der Waals surface area (Å²) in [5.74, 6) is -0.895. The van der Waals surface area contributed by atoms with E-state index in [1.807, 2.05) is 0 Å². The van der Waals surface area contributed by atoms with E-state index in [1.165, 1.54) is 7.11 Å². The summed E-state index contributed by atoms with van der Waals surface area (Å²) in [6.45, 7) is 6.55. The van der Waals surface area contributed by atoms with E-state index in [0.717, 1.165) is 37.4 Å². The van der Waals surface area contributed by atoms with Crippen LogP contribution in [0.3, 0.4) is 0 Å². The van der Waals surface area contributed by atoms with Crippen molar-refractivity contribution in [2.75, 3.05) is 40.5 Å². The molecule has 1 saturated heterocycles. The van der Waals surface area contributed by atoms with E-state index in [4.69, 9.17) is 9.47 Å². The minimum Gasteiger partial charge on any atom is -0.466 e. The second kappa shape index (κ2) is 8.37. The first kappa shape index (κ1) is 16.2. The summed E-state index contributed by atoms with van der Waals surface area (Å²) in [7, 11) is 2.91. The molecule has 20 heavy (non-hydrogen) atoms. The van der Waals surface area contributed by atoms with Gasteiger partial charge in [0.05, 0.1) is 20.3 Å². The highest BCUT2D eigenvalue weighted by molar-refractivity contribution is 5.91. The van der Waals surface area contributed by atoms with E-state index < -0.39 is 11.9 Å². The topological polar surface area (TPSA) is 65.1 Å². The third-order valence-corrected chi connectivity index (χ3v) is 3.03. The number of nitrogens with zero attached hydrogens (tertiary/aromatic N) is 1. The van der Waals surface area contributed by atoms with Gasteiger partial charge in [-0.3, -0.25) is 0 Å². The molecule has 1 unspecified atom stereocenters. The molecule has 0 aliphatic carbocycles. The van der Waals surface area contributed by atoms with Gasteiger partial charge in [-0.1, -0.05) is 6.58 Å². The van der Waals surface area contributed by atoms with Crippen LogP contribution in [-0.4, -0.2) is 57.4 Å². The molecule has 0 saturated carbocycles. The third kappa shape index (κ3) is 5.44. The van der Waals surface area contributed by atoms with Crippen molar-refractivity contribution in [3.63, 3.8) is 0 Å². The molecule has 6 nitrogen and oxygen atoms in total. The van der Waals surface area contributed by atoms with Gasteiger partial charge in [0.1, 0.15) is 0 Å². The van der Waals surface area contributed by atoms with E-state index in [1.54, 1.807) is 7.11 Å². The van der Waals surface area contributed by atoms with Crippen LogP contribution in [0.2, 0.25) is 0 Å². The van der Waals surface area contributed by atoms with Gasteiger partial charge in [0.2, 0.25) is 0 Å². The number of likely N-dealkylation sites (tertiary alicyclic amines) is 1. The Morgan fingerprint density at radius 3 is 2.70 bits per heavy atom. The smallest absolute Gasteiger partial charge is 0.331 e. The molecule has 0 aromatic rings. The SMILES string of the molecule is C=C1CC(COC(=O)/C=C/C(=O)OC)CN1CCOC. The van der Waals surface area contributed by atoms with Crippen molar-refractivity contribution >= 4 is 11.9 Å². The Morgan fingerprint density at radius 2 is 2.05 bits per heavy atom. The molecule has 112 valence electrons. The predicted molar refractivity (Wildman–Crippen MR) is 72.8 cm³/mol. The molecule has 6 heteroatoms. The molecule has 1 rings (SSSR count). The van der Waals surface area contributed by atoms with E-state index in [9.17, 15) is 9.59 Å². The van der Waals surface area contributed by atoms with Crippen molar-refractivity contribution in [3.05, 3.63) is 24.4 Å². The van der Waals surface area contributed by atoms with E-state index in [0.29, 0.717) is 13.2 Å². The van der Waals surface area contributed by atoms with E-state index in [2.05, 4.69) is 16.2 Å². The first-order valence-electron chi connectivity index (χ1n) is 6.41. The molecule has 0 bridgehead atoms. The Kier molecular flexibility index (Phi) is 6.79. The van der Waals surface area contributed by atoms with Crippen molar-refractivity contribution in [2.45, 2.75) is 6.42 Å². The second-order valence-corrected chi connectivity index (χ2v) is 4.56. The van der Waals surface area contributed by atoms with Crippen molar-refractivity contribution in [2.24, 2.45) is 5.92 Å². The van der Waals surface area contributed by atoms with Crippen LogP contribution in [0, 0.1) is 5.92 Å². The normalized spacial score (nSPS) is 18.6. The summed E-state index contributed by atoms with van der Waals surface area (Å²) in [5.41, 5.74) is 1.04. The highest BCUT2D eigenvalue weighted by atomic mass is 16.5. The first-order chi connectivity index (χ1) is 9.56. The molecule has 1 aliphatic rings. The lowest BCUT2D eigenvalue weighted by atomic mass is 10.1. The van der Waals surface area contributed by atoms with Crippen LogP contribution in [0.25, 0.3) is 0 Å². The van der Waals surface area contributed by atoms with Crippen LogP contribution in [0.5, 0.6) is 0 Å². The molecule has 1 fully saturated rings. The molecule has 0 radical (unpaired) electrons. The first-order valence-corrected chi connectivity index (χ1v) is 6.41. The summed E-state index contributed by atoms with van der Waals surface area (Å²) in [6.07, 6.45) is 2.91. The molecule has 0 aromatic carbocycles. The quantitative estimate of drug-likeness (QED) is 0.507. The highest BCUT2D eigenvalue weighted by Crippen LogP contribution is 2.24. The van der Waals surface area contributed by atoms with Crippen molar-refractivity contribution in [1.29, 1.82) is 0 Å². The van der Waals surface area contributed by atoms with Gasteiger partial charge in [-0.15, -0.1) is 0 Å². The maximum absolute atomic E-state index is 11.4. The van der Waals surface area contributed by atoms with Crippen LogP contribution < -0.4 is 0 Å². The van der Waals surface area contributed by atoms with Gasteiger partial charge >= 0.3 is 11.9 Å². The van der Waals surface area contributed by atoms with Crippen LogP contribution in [0.1, 0.15) is 6.42 Å². The maximum Gasteiger partial charge on any atom is 0.331 e. The average Bonchev–Trinajstić information content (AvgIpc) is 2.80. The minimum atomic E-state index is -0.582. The summed E-state index contributed by atoms with van der Waals surface area (Å²) < 4.78 is 14.5. The minimum absolute atomic E-state index is 0.231. The lowest BCUT2D eigenvalue weighted by Crippen LogP contribution is -2.24.